The fourth-order valence-corrected chi connectivity index (χ4v) is 3.90. The van der Waals surface area contributed by atoms with Crippen molar-refractivity contribution in [3.05, 3.63) is 12.0 Å². The molecule has 3 N–H and O–H groups in total. The summed E-state index contributed by atoms with van der Waals surface area (Å²) >= 11 is 0. The molecule has 1 aromatic rings. The molecule has 6 nitrogen and oxygen atoms in total. The standard InChI is InChI=1S/C11H20N4O2S/c1-9-13-10(7-15(9)2)18(16,17)14-11(8-12)5-3-4-6-11/h7,14H,3-6,8,12H2,1-2H3. The number of hydrogen-bond donors (Lipinski definition) is 2. The van der Waals surface area contributed by atoms with Crippen molar-refractivity contribution in [2.24, 2.45) is 12.8 Å². The second-order valence-corrected chi connectivity index (χ2v) is 6.66. The maximum atomic E-state index is 12.3. The van der Waals surface area contributed by atoms with Crippen LogP contribution in [-0.4, -0.2) is 30.1 Å². The van der Waals surface area contributed by atoms with E-state index in [-0.39, 0.29) is 5.03 Å². The minimum absolute atomic E-state index is 0.0715. The van der Waals surface area contributed by atoms with Gasteiger partial charge in [0.05, 0.1) is 0 Å². The number of sulfonamides is 1. The molecular weight excluding hydrogens is 252 g/mol. The van der Waals surface area contributed by atoms with Crippen LogP contribution in [0.1, 0.15) is 31.5 Å². The molecule has 0 amide bonds. The van der Waals surface area contributed by atoms with Crippen molar-refractivity contribution in [2.75, 3.05) is 6.54 Å². The molecule has 1 heterocycles. The van der Waals surface area contributed by atoms with Crippen LogP contribution in [0.5, 0.6) is 0 Å². The van der Waals surface area contributed by atoms with Crippen LogP contribution >= 0.6 is 0 Å². The summed E-state index contributed by atoms with van der Waals surface area (Å²) in [4.78, 5) is 4.06. The molecule has 0 radical (unpaired) electrons. The Balaban J connectivity index is 2.26. The Bertz CT molecular complexity index is 510. The van der Waals surface area contributed by atoms with E-state index in [1.165, 1.54) is 6.20 Å². The predicted molar refractivity (Wildman–Crippen MR) is 68.5 cm³/mol. The van der Waals surface area contributed by atoms with Crippen LogP contribution in [0.2, 0.25) is 0 Å². The van der Waals surface area contributed by atoms with Gasteiger partial charge in [0.2, 0.25) is 0 Å². The minimum Gasteiger partial charge on any atom is -0.337 e. The fourth-order valence-electron chi connectivity index (χ4n) is 2.39. The summed E-state index contributed by atoms with van der Waals surface area (Å²) in [6, 6.07) is 0. The Morgan fingerprint density at radius 3 is 2.56 bits per heavy atom. The quantitative estimate of drug-likeness (QED) is 0.823. The van der Waals surface area contributed by atoms with Crippen molar-refractivity contribution < 1.29 is 8.42 Å². The number of rotatable bonds is 4. The van der Waals surface area contributed by atoms with Gasteiger partial charge in [0.15, 0.2) is 5.03 Å². The van der Waals surface area contributed by atoms with Crippen LogP contribution in [0.4, 0.5) is 0 Å². The Kier molecular flexibility index (Phi) is 3.48. The van der Waals surface area contributed by atoms with Crippen molar-refractivity contribution in [1.82, 2.24) is 14.3 Å². The molecule has 1 aliphatic carbocycles. The summed E-state index contributed by atoms with van der Waals surface area (Å²) in [5, 5.41) is 0.0715. The van der Waals surface area contributed by atoms with Crippen LogP contribution in [0.25, 0.3) is 0 Å². The third kappa shape index (κ3) is 2.43. The van der Waals surface area contributed by atoms with Gasteiger partial charge in [0, 0.05) is 25.3 Å². The highest BCUT2D eigenvalue weighted by atomic mass is 32.2. The van der Waals surface area contributed by atoms with E-state index >= 15 is 0 Å². The van der Waals surface area contributed by atoms with E-state index in [0.717, 1.165) is 25.7 Å². The maximum Gasteiger partial charge on any atom is 0.260 e. The first-order valence-corrected chi connectivity index (χ1v) is 7.61. The van der Waals surface area contributed by atoms with Gasteiger partial charge in [-0.25, -0.2) is 18.1 Å². The molecule has 0 aliphatic heterocycles. The summed E-state index contributed by atoms with van der Waals surface area (Å²) in [6.07, 6.45) is 5.15. The zero-order valence-electron chi connectivity index (χ0n) is 10.8. The average Bonchev–Trinajstić information content (AvgIpc) is 2.88. The Hall–Kier alpha value is -0.920. The molecule has 7 heteroatoms. The van der Waals surface area contributed by atoms with Gasteiger partial charge in [-0.15, -0.1) is 0 Å². The van der Waals surface area contributed by atoms with E-state index in [9.17, 15) is 8.42 Å². The lowest BCUT2D eigenvalue weighted by Crippen LogP contribution is -2.51. The van der Waals surface area contributed by atoms with Gasteiger partial charge >= 0.3 is 0 Å². The zero-order chi connectivity index (χ0) is 13.4. The second-order valence-electron chi connectivity index (χ2n) is 5.03. The smallest absolute Gasteiger partial charge is 0.260 e. The number of nitrogens with two attached hydrogens (primary N) is 1. The van der Waals surface area contributed by atoms with Crippen LogP contribution in [-0.2, 0) is 17.1 Å². The van der Waals surface area contributed by atoms with E-state index in [0.29, 0.717) is 12.4 Å². The second kappa shape index (κ2) is 4.64. The lowest BCUT2D eigenvalue weighted by molar-refractivity contribution is 0.399. The third-order valence-electron chi connectivity index (χ3n) is 3.66. The number of nitrogens with one attached hydrogen (secondary N) is 1. The first-order valence-electron chi connectivity index (χ1n) is 6.13. The number of aryl methyl sites for hydroxylation is 2. The largest absolute Gasteiger partial charge is 0.337 e. The molecular formula is C11H20N4O2S. The van der Waals surface area contributed by atoms with E-state index in [2.05, 4.69) is 9.71 Å². The van der Waals surface area contributed by atoms with Gasteiger partial charge in [0.1, 0.15) is 5.82 Å². The maximum absolute atomic E-state index is 12.3. The average molecular weight is 272 g/mol. The van der Waals surface area contributed by atoms with Crippen molar-refractivity contribution in [3.63, 3.8) is 0 Å². The fraction of sp³-hybridized carbons (Fsp3) is 0.727. The van der Waals surface area contributed by atoms with E-state index in [4.69, 9.17) is 5.73 Å². The molecule has 1 aromatic heterocycles. The Morgan fingerprint density at radius 2 is 2.11 bits per heavy atom. The van der Waals surface area contributed by atoms with Crippen LogP contribution in [0.3, 0.4) is 0 Å². The summed E-state index contributed by atoms with van der Waals surface area (Å²) in [6.45, 7) is 2.10. The summed E-state index contributed by atoms with van der Waals surface area (Å²) < 4.78 is 29.0. The molecule has 2 rings (SSSR count). The van der Waals surface area contributed by atoms with Gasteiger partial charge in [0.25, 0.3) is 10.0 Å². The molecule has 1 aliphatic rings. The van der Waals surface area contributed by atoms with Crippen LogP contribution < -0.4 is 10.5 Å². The molecule has 102 valence electrons. The van der Waals surface area contributed by atoms with Crippen molar-refractivity contribution in [3.8, 4) is 0 Å². The van der Waals surface area contributed by atoms with E-state index < -0.39 is 15.6 Å². The molecule has 0 saturated heterocycles. The van der Waals surface area contributed by atoms with Gasteiger partial charge in [-0.2, -0.15) is 0 Å². The number of imidazole rings is 1. The SMILES string of the molecule is Cc1nc(S(=O)(=O)NC2(CN)CCCC2)cn1C. The number of hydrogen-bond acceptors (Lipinski definition) is 4. The highest BCUT2D eigenvalue weighted by molar-refractivity contribution is 7.89. The van der Waals surface area contributed by atoms with E-state index in [1.807, 2.05) is 0 Å². The van der Waals surface area contributed by atoms with Crippen molar-refractivity contribution in [2.45, 2.75) is 43.2 Å². The van der Waals surface area contributed by atoms with Crippen molar-refractivity contribution in [1.29, 1.82) is 0 Å². The normalized spacial score (nSPS) is 19.3. The molecule has 0 atom stereocenters. The molecule has 0 aromatic carbocycles. The summed E-state index contributed by atoms with van der Waals surface area (Å²) in [5.74, 6) is 0.670. The summed E-state index contributed by atoms with van der Waals surface area (Å²) in [7, 11) is -1.80. The number of nitrogens with zero attached hydrogens (tertiary/aromatic N) is 2. The zero-order valence-corrected chi connectivity index (χ0v) is 11.6. The molecule has 0 bridgehead atoms. The predicted octanol–water partition coefficient (Wildman–Crippen LogP) is 0.278. The highest BCUT2D eigenvalue weighted by Crippen LogP contribution is 2.30. The molecule has 1 fully saturated rings. The summed E-state index contributed by atoms with van der Waals surface area (Å²) in [5.41, 5.74) is 5.25. The lowest BCUT2D eigenvalue weighted by atomic mass is 10.0. The van der Waals surface area contributed by atoms with Crippen LogP contribution in [0.15, 0.2) is 11.2 Å². The van der Waals surface area contributed by atoms with Crippen molar-refractivity contribution >= 4 is 10.0 Å². The molecule has 18 heavy (non-hydrogen) atoms. The Morgan fingerprint density at radius 1 is 1.50 bits per heavy atom. The minimum atomic E-state index is -3.58. The molecule has 1 saturated carbocycles. The van der Waals surface area contributed by atoms with Gasteiger partial charge in [-0.3, -0.25) is 0 Å². The van der Waals surface area contributed by atoms with Gasteiger partial charge < -0.3 is 10.3 Å². The topological polar surface area (TPSA) is 90.0 Å². The lowest BCUT2D eigenvalue weighted by Gasteiger charge is -2.27. The molecule has 0 spiro atoms. The van der Waals surface area contributed by atoms with Crippen LogP contribution in [0, 0.1) is 6.92 Å². The van der Waals surface area contributed by atoms with E-state index in [1.54, 1.807) is 18.5 Å². The molecule has 0 unspecified atom stereocenters. The van der Waals surface area contributed by atoms with Gasteiger partial charge in [-0.1, -0.05) is 12.8 Å². The number of aromatic nitrogens is 2. The third-order valence-corrected chi connectivity index (χ3v) is 5.11. The first-order chi connectivity index (χ1) is 8.38. The van der Waals surface area contributed by atoms with Gasteiger partial charge in [-0.05, 0) is 19.8 Å². The Labute approximate surface area is 108 Å². The first kappa shape index (κ1) is 13.5. The highest BCUT2D eigenvalue weighted by Gasteiger charge is 2.37. The monoisotopic (exact) mass is 272 g/mol.